The third-order valence-corrected chi connectivity index (χ3v) is 12.3. The Labute approximate surface area is 318 Å². The molecule has 0 atom stereocenters. The number of rotatable bonds is 12. The van der Waals surface area contributed by atoms with E-state index in [2.05, 4.69) is 61.1 Å². The predicted molar refractivity (Wildman–Crippen MR) is 214 cm³/mol. The Kier molecular flexibility index (Phi) is 10.5. The Hall–Kier alpha value is -4.53. The van der Waals surface area contributed by atoms with Gasteiger partial charge in [0.2, 0.25) is 0 Å². The molecule has 54 heavy (non-hydrogen) atoms. The summed E-state index contributed by atoms with van der Waals surface area (Å²) >= 11 is 0. The summed E-state index contributed by atoms with van der Waals surface area (Å²) in [5, 5.41) is 10.9. The van der Waals surface area contributed by atoms with Crippen molar-refractivity contribution in [1.29, 1.82) is 0 Å². The van der Waals surface area contributed by atoms with Crippen LogP contribution >= 0.6 is 0 Å². The molecule has 4 aromatic rings. The zero-order valence-corrected chi connectivity index (χ0v) is 33.5. The molecule has 3 fully saturated rings. The minimum Gasteiger partial charge on any atom is -0.444 e. The lowest BCUT2D eigenvalue weighted by Crippen LogP contribution is -2.47. The SMILES string of the molecule is CC(C)(C)OC(=O)NC12CCC(Nc3ccnc(C(=O)Nc4ccc(-c5cc6c(N7CCOCC7)ncnc6n5COCC[Si](C)(C)C)cc4)c3)(CC1)C2. The number of benzene rings is 1. The molecule has 288 valence electrons. The number of carbonyl (C=O) groups is 2. The minimum absolute atomic E-state index is 0.156. The van der Waals surface area contributed by atoms with Crippen LogP contribution in [-0.4, -0.2) is 89.2 Å². The van der Waals surface area contributed by atoms with Gasteiger partial charge in [-0.3, -0.25) is 9.78 Å². The van der Waals surface area contributed by atoms with Crippen LogP contribution in [0.15, 0.2) is 55.0 Å². The predicted octanol–water partition coefficient (Wildman–Crippen LogP) is 7.29. The number of alkyl carbamates (subject to hydrolysis) is 1. The molecule has 14 heteroatoms. The van der Waals surface area contributed by atoms with Crippen LogP contribution in [-0.2, 0) is 20.9 Å². The molecule has 1 aliphatic heterocycles. The minimum atomic E-state index is -1.25. The van der Waals surface area contributed by atoms with E-state index in [-0.39, 0.29) is 23.1 Å². The number of amides is 2. The van der Waals surface area contributed by atoms with E-state index in [9.17, 15) is 9.59 Å². The number of morpholine rings is 1. The number of nitrogens with one attached hydrogen (secondary N) is 3. The van der Waals surface area contributed by atoms with E-state index < -0.39 is 13.7 Å². The Morgan fingerprint density at radius 1 is 0.926 bits per heavy atom. The molecule has 2 aliphatic carbocycles. The van der Waals surface area contributed by atoms with E-state index in [1.165, 1.54) is 0 Å². The monoisotopic (exact) mass is 754 g/mol. The fourth-order valence-corrected chi connectivity index (χ4v) is 8.66. The number of fused-ring (bicyclic) bond motifs is 3. The first-order valence-electron chi connectivity index (χ1n) is 19.1. The summed E-state index contributed by atoms with van der Waals surface area (Å²) in [6.07, 6.45) is 7.32. The van der Waals surface area contributed by atoms with E-state index in [1.807, 2.05) is 51.1 Å². The summed E-state index contributed by atoms with van der Waals surface area (Å²) in [7, 11) is -1.25. The maximum absolute atomic E-state index is 13.5. The van der Waals surface area contributed by atoms with Crippen LogP contribution in [0.2, 0.25) is 25.7 Å². The van der Waals surface area contributed by atoms with Gasteiger partial charge in [0, 0.05) is 56.4 Å². The molecule has 3 aromatic heterocycles. The van der Waals surface area contributed by atoms with Gasteiger partial charge in [-0.15, -0.1) is 0 Å². The van der Waals surface area contributed by atoms with Gasteiger partial charge >= 0.3 is 6.09 Å². The van der Waals surface area contributed by atoms with Crippen LogP contribution in [0.5, 0.6) is 0 Å². The van der Waals surface area contributed by atoms with Crippen LogP contribution in [0, 0.1) is 0 Å². The molecule has 3 aliphatic rings. The standard InChI is InChI=1S/C40H54N8O5Si/c1-38(2,3)53-37(50)46-40-14-12-39(25-40,13-15-40)45-30-11-16-41-32(23-30)36(49)44-29-9-7-28(8-10-29)33-24-31-34(47-17-19-51-20-18-47)42-26-43-35(31)48(33)27-52-21-22-54(4,5)6/h7-11,16,23-24,26H,12-15,17-22,25,27H2,1-6H3,(H,41,45)(H,44,49)(H,46,50). The first-order chi connectivity index (χ1) is 25.7. The molecule has 2 saturated carbocycles. The van der Waals surface area contributed by atoms with Crippen molar-refractivity contribution >= 4 is 48.3 Å². The summed E-state index contributed by atoms with van der Waals surface area (Å²) in [4.78, 5) is 42.1. The lowest BCUT2D eigenvalue weighted by atomic mass is 9.91. The zero-order valence-electron chi connectivity index (χ0n) is 32.5. The second-order valence-electron chi connectivity index (χ2n) is 17.3. The van der Waals surface area contributed by atoms with E-state index in [0.29, 0.717) is 37.9 Å². The van der Waals surface area contributed by atoms with Crippen molar-refractivity contribution in [1.82, 2.24) is 24.8 Å². The number of ether oxygens (including phenoxy) is 3. The molecule has 0 radical (unpaired) electrons. The quantitative estimate of drug-likeness (QED) is 0.0997. The highest BCUT2D eigenvalue weighted by Gasteiger charge is 2.55. The Balaban J connectivity index is 1.04. The van der Waals surface area contributed by atoms with Crippen molar-refractivity contribution in [3.63, 3.8) is 0 Å². The van der Waals surface area contributed by atoms with Crippen molar-refractivity contribution in [2.75, 3.05) is 48.4 Å². The fraction of sp³-hybridized carbons (Fsp3) is 0.525. The van der Waals surface area contributed by atoms with Crippen LogP contribution in [0.4, 0.5) is 22.0 Å². The van der Waals surface area contributed by atoms with Crippen molar-refractivity contribution in [2.45, 2.75) is 102 Å². The highest BCUT2D eigenvalue weighted by molar-refractivity contribution is 6.76. The normalized spacial score (nSPS) is 21.3. The second-order valence-corrected chi connectivity index (χ2v) is 22.9. The fourth-order valence-electron chi connectivity index (χ4n) is 7.91. The topological polar surface area (TPSA) is 145 Å². The third-order valence-electron chi connectivity index (χ3n) is 10.6. The lowest BCUT2D eigenvalue weighted by Gasteiger charge is -2.30. The maximum Gasteiger partial charge on any atom is 0.408 e. The molecule has 0 spiro atoms. The van der Waals surface area contributed by atoms with Gasteiger partial charge < -0.3 is 39.6 Å². The smallest absolute Gasteiger partial charge is 0.408 e. The van der Waals surface area contributed by atoms with Crippen molar-refractivity contribution in [3.05, 3.63) is 60.7 Å². The van der Waals surface area contributed by atoms with E-state index in [1.54, 1.807) is 18.6 Å². The van der Waals surface area contributed by atoms with E-state index in [0.717, 1.165) is 85.0 Å². The van der Waals surface area contributed by atoms with Gasteiger partial charge in [-0.1, -0.05) is 31.8 Å². The van der Waals surface area contributed by atoms with Crippen molar-refractivity contribution in [2.24, 2.45) is 0 Å². The van der Waals surface area contributed by atoms with Gasteiger partial charge in [0.1, 0.15) is 35.8 Å². The molecule has 7 rings (SSSR count). The van der Waals surface area contributed by atoms with Crippen LogP contribution in [0.3, 0.4) is 0 Å². The van der Waals surface area contributed by atoms with Crippen molar-refractivity contribution < 1.29 is 23.8 Å². The molecular formula is C40H54N8O5Si. The highest BCUT2D eigenvalue weighted by atomic mass is 28.3. The van der Waals surface area contributed by atoms with Crippen LogP contribution in [0.25, 0.3) is 22.3 Å². The van der Waals surface area contributed by atoms with Crippen LogP contribution < -0.4 is 20.9 Å². The molecule has 4 heterocycles. The number of anilines is 3. The number of carbonyl (C=O) groups excluding carboxylic acids is 2. The summed E-state index contributed by atoms with van der Waals surface area (Å²) in [6, 6.07) is 14.7. The Bertz CT molecular complexity index is 1970. The van der Waals surface area contributed by atoms with Gasteiger partial charge in [-0.05, 0) is 94.8 Å². The largest absolute Gasteiger partial charge is 0.444 e. The van der Waals surface area contributed by atoms with Crippen molar-refractivity contribution in [3.8, 4) is 11.3 Å². The third kappa shape index (κ3) is 8.71. The number of hydrogen-bond acceptors (Lipinski definition) is 10. The van der Waals surface area contributed by atoms with Gasteiger partial charge in [-0.2, -0.15) is 0 Å². The molecule has 13 nitrogen and oxygen atoms in total. The highest BCUT2D eigenvalue weighted by Crippen LogP contribution is 2.52. The molecular weight excluding hydrogens is 701 g/mol. The average molecular weight is 755 g/mol. The molecule has 2 bridgehead atoms. The van der Waals surface area contributed by atoms with E-state index in [4.69, 9.17) is 19.2 Å². The number of pyridine rings is 1. The summed E-state index contributed by atoms with van der Waals surface area (Å²) < 4.78 is 19.5. The summed E-state index contributed by atoms with van der Waals surface area (Å²) in [6.45, 7) is 16.6. The van der Waals surface area contributed by atoms with Gasteiger partial charge in [0.15, 0.2) is 0 Å². The summed E-state index contributed by atoms with van der Waals surface area (Å²) in [5.41, 5.74) is 3.60. The molecule has 0 unspecified atom stereocenters. The Morgan fingerprint density at radius 2 is 1.65 bits per heavy atom. The molecule has 1 saturated heterocycles. The van der Waals surface area contributed by atoms with Gasteiger partial charge in [0.25, 0.3) is 5.91 Å². The van der Waals surface area contributed by atoms with Gasteiger partial charge in [-0.25, -0.2) is 14.8 Å². The number of hydrogen-bond donors (Lipinski definition) is 3. The molecule has 3 N–H and O–H groups in total. The molecule has 2 amide bonds. The average Bonchev–Trinajstić information content (AvgIpc) is 3.79. The number of aromatic nitrogens is 4. The molecule has 1 aromatic carbocycles. The summed E-state index contributed by atoms with van der Waals surface area (Å²) in [5.74, 6) is 0.605. The first kappa shape index (κ1) is 37.8. The number of nitrogens with zero attached hydrogens (tertiary/aromatic N) is 5. The maximum atomic E-state index is 13.5. The lowest BCUT2D eigenvalue weighted by molar-refractivity contribution is 0.0458. The van der Waals surface area contributed by atoms with E-state index >= 15 is 0 Å². The van der Waals surface area contributed by atoms with Gasteiger partial charge in [0.05, 0.1) is 24.3 Å². The Morgan fingerprint density at radius 3 is 2.35 bits per heavy atom. The second kappa shape index (κ2) is 14.9. The van der Waals surface area contributed by atoms with Crippen LogP contribution in [0.1, 0.15) is 63.4 Å². The first-order valence-corrected chi connectivity index (χ1v) is 22.8. The zero-order chi connectivity index (χ0) is 38.1.